The van der Waals surface area contributed by atoms with E-state index < -0.39 is 5.97 Å². The number of hydrogen-bond donors (Lipinski definition) is 0. The van der Waals surface area contributed by atoms with E-state index in [0.717, 1.165) is 12.8 Å². The highest BCUT2D eigenvalue weighted by atomic mass is 16.4. The largest absolute Gasteiger partial charge is 0.358 e. The molecule has 0 saturated heterocycles. The van der Waals surface area contributed by atoms with Crippen molar-refractivity contribution < 1.29 is 9.90 Å². The van der Waals surface area contributed by atoms with Gasteiger partial charge in [-0.05, 0) is 12.3 Å². The Morgan fingerprint density at radius 3 is 2.00 bits per heavy atom. The SMILES string of the molecule is CC(C)CCC(C)C([O])=O. The van der Waals surface area contributed by atoms with Crippen LogP contribution in [0.1, 0.15) is 33.6 Å². The van der Waals surface area contributed by atoms with Crippen LogP contribution in [0.4, 0.5) is 0 Å². The molecule has 1 radical (unpaired) electrons. The lowest BCUT2D eigenvalue weighted by Gasteiger charge is -2.05. The van der Waals surface area contributed by atoms with Gasteiger partial charge in [0.15, 0.2) is 0 Å². The summed E-state index contributed by atoms with van der Waals surface area (Å²) in [4.78, 5) is 10.2. The summed E-state index contributed by atoms with van der Waals surface area (Å²) < 4.78 is 0. The molecule has 0 amide bonds. The van der Waals surface area contributed by atoms with Crippen molar-refractivity contribution in [3.63, 3.8) is 0 Å². The van der Waals surface area contributed by atoms with Gasteiger partial charge in [0.25, 0.3) is 0 Å². The summed E-state index contributed by atoms with van der Waals surface area (Å²) in [5, 5.41) is 10.2. The molecule has 10 heavy (non-hydrogen) atoms. The van der Waals surface area contributed by atoms with Crippen molar-refractivity contribution in [3.05, 3.63) is 0 Å². The van der Waals surface area contributed by atoms with Crippen LogP contribution in [-0.2, 0) is 9.90 Å². The molecule has 0 fully saturated rings. The van der Waals surface area contributed by atoms with Gasteiger partial charge in [-0.2, -0.15) is 0 Å². The summed E-state index contributed by atoms with van der Waals surface area (Å²) in [5.41, 5.74) is 0. The molecule has 59 valence electrons. The number of carbonyl (C=O) groups excluding carboxylic acids is 1. The van der Waals surface area contributed by atoms with Gasteiger partial charge in [0.2, 0.25) is 0 Å². The maximum absolute atomic E-state index is 10.2. The summed E-state index contributed by atoms with van der Waals surface area (Å²) in [7, 11) is 0. The molecule has 0 spiro atoms. The summed E-state index contributed by atoms with van der Waals surface area (Å²) >= 11 is 0. The van der Waals surface area contributed by atoms with Crippen LogP contribution in [0.2, 0.25) is 0 Å². The van der Waals surface area contributed by atoms with Gasteiger partial charge in [-0.1, -0.05) is 27.2 Å². The van der Waals surface area contributed by atoms with E-state index in [-0.39, 0.29) is 5.92 Å². The zero-order valence-corrected chi connectivity index (χ0v) is 6.89. The minimum atomic E-state index is -0.930. The van der Waals surface area contributed by atoms with E-state index in [4.69, 9.17) is 0 Å². The summed E-state index contributed by atoms with van der Waals surface area (Å²) in [6, 6.07) is 0. The Kier molecular flexibility index (Phi) is 4.08. The average molecular weight is 143 g/mol. The molecule has 2 heteroatoms. The average Bonchev–Trinajstić information content (AvgIpc) is 1.82. The van der Waals surface area contributed by atoms with Crippen molar-refractivity contribution in [1.29, 1.82) is 0 Å². The molecule has 0 aliphatic carbocycles. The van der Waals surface area contributed by atoms with Crippen LogP contribution < -0.4 is 0 Å². The van der Waals surface area contributed by atoms with E-state index in [2.05, 4.69) is 13.8 Å². The molecular weight excluding hydrogens is 128 g/mol. The smallest absolute Gasteiger partial charge is 0.247 e. The Morgan fingerprint density at radius 2 is 1.70 bits per heavy atom. The fourth-order valence-electron chi connectivity index (χ4n) is 0.701. The highest BCUT2D eigenvalue weighted by Gasteiger charge is 2.12. The second kappa shape index (κ2) is 4.31. The molecule has 0 aromatic carbocycles. The lowest BCUT2D eigenvalue weighted by molar-refractivity contribution is -0.147. The van der Waals surface area contributed by atoms with Crippen LogP contribution in [-0.4, -0.2) is 5.97 Å². The molecule has 1 unspecified atom stereocenters. The lowest BCUT2D eigenvalue weighted by Crippen LogP contribution is -2.08. The maximum Gasteiger partial charge on any atom is 0.358 e. The van der Waals surface area contributed by atoms with Crippen molar-refractivity contribution in [2.75, 3.05) is 0 Å². The second-order valence-electron chi connectivity index (χ2n) is 3.19. The lowest BCUT2D eigenvalue weighted by atomic mass is 10.00. The number of rotatable bonds is 4. The Hall–Kier alpha value is -0.530. The Morgan fingerprint density at radius 1 is 1.20 bits per heavy atom. The monoisotopic (exact) mass is 143 g/mol. The van der Waals surface area contributed by atoms with E-state index in [0.29, 0.717) is 5.92 Å². The van der Waals surface area contributed by atoms with E-state index in [9.17, 15) is 9.90 Å². The van der Waals surface area contributed by atoms with Gasteiger partial charge >= 0.3 is 5.97 Å². The van der Waals surface area contributed by atoms with E-state index in [1.54, 1.807) is 6.92 Å². The molecule has 0 aromatic rings. The van der Waals surface area contributed by atoms with Crippen LogP contribution in [0.5, 0.6) is 0 Å². The first kappa shape index (κ1) is 9.47. The third-order valence-corrected chi connectivity index (χ3v) is 1.58. The van der Waals surface area contributed by atoms with Crippen molar-refractivity contribution in [1.82, 2.24) is 0 Å². The van der Waals surface area contributed by atoms with Crippen LogP contribution >= 0.6 is 0 Å². The van der Waals surface area contributed by atoms with Crippen LogP contribution in [0.25, 0.3) is 0 Å². The zero-order valence-electron chi connectivity index (χ0n) is 6.89. The fourth-order valence-corrected chi connectivity index (χ4v) is 0.701. The van der Waals surface area contributed by atoms with E-state index in [1.165, 1.54) is 0 Å². The summed E-state index contributed by atoms with van der Waals surface area (Å²) in [6.07, 6.45) is 1.70. The Labute approximate surface area is 62.2 Å². The topological polar surface area (TPSA) is 37.0 Å². The molecule has 0 aromatic heterocycles. The third kappa shape index (κ3) is 4.36. The van der Waals surface area contributed by atoms with Gasteiger partial charge in [0.1, 0.15) is 0 Å². The quantitative estimate of drug-likeness (QED) is 0.593. The first-order valence-electron chi connectivity index (χ1n) is 3.75. The first-order chi connectivity index (χ1) is 4.54. The molecule has 0 aliphatic heterocycles. The standard InChI is InChI=1S/C8H15O2/c1-6(2)4-5-7(3)8(9)10/h6-7H,4-5H2,1-3H3. The molecule has 0 heterocycles. The van der Waals surface area contributed by atoms with Gasteiger partial charge in [-0.3, -0.25) is 0 Å². The Bertz CT molecular complexity index is 108. The normalized spacial score (nSPS) is 13.6. The van der Waals surface area contributed by atoms with Crippen LogP contribution in [0.15, 0.2) is 0 Å². The third-order valence-electron chi connectivity index (χ3n) is 1.58. The van der Waals surface area contributed by atoms with Crippen molar-refractivity contribution in [3.8, 4) is 0 Å². The number of carbonyl (C=O) groups is 1. The van der Waals surface area contributed by atoms with E-state index in [1.807, 2.05) is 0 Å². The molecule has 0 saturated carbocycles. The second-order valence-corrected chi connectivity index (χ2v) is 3.19. The minimum absolute atomic E-state index is 0.289. The Balaban J connectivity index is 3.40. The van der Waals surface area contributed by atoms with E-state index >= 15 is 0 Å². The fraction of sp³-hybridized carbons (Fsp3) is 0.875. The van der Waals surface area contributed by atoms with Gasteiger partial charge in [0, 0.05) is 0 Å². The molecule has 2 nitrogen and oxygen atoms in total. The minimum Gasteiger partial charge on any atom is -0.247 e. The van der Waals surface area contributed by atoms with Crippen LogP contribution in [0.3, 0.4) is 0 Å². The summed E-state index contributed by atoms with van der Waals surface area (Å²) in [5.74, 6) is -0.634. The first-order valence-corrected chi connectivity index (χ1v) is 3.75. The highest BCUT2D eigenvalue weighted by molar-refractivity contribution is 5.68. The molecule has 0 aliphatic rings. The van der Waals surface area contributed by atoms with Crippen molar-refractivity contribution in [2.45, 2.75) is 33.6 Å². The highest BCUT2D eigenvalue weighted by Crippen LogP contribution is 2.11. The summed E-state index contributed by atoms with van der Waals surface area (Å²) in [6.45, 7) is 5.86. The van der Waals surface area contributed by atoms with Crippen LogP contribution in [0, 0.1) is 11.8 Å². The van der Waals surface area contributed by atoms with Gasteiger partial charge in [-0.25, -0.2) is 9.90 Å². The maximum atomic E-state index is 10.2. The molecule has 1 atom stereocenters. The predicted molar refractivity (Wildman–Crippen MR) is 38.9 cm³/mol. The molecule has 0 N–H and O–H groups in total. The predicted octanol–water partition coefficient (Wildman–Crippen LogP) is 2.02. The molecule has 0 bridgehead atoms. The molecule has 0 rings (SSSR count). The van der Waals surface area contributed by atoms with Gasteiger partial charge in [0.05, 0.1) is 5.92 Å². The zero-order chi connectivity index (χ0) is 8.15. The van der Waals surface area contributed by atoms with Gasteiger partial charge in [-0.15, -0.1) is 0 Å². The molecular formula is C8H15O2. The van der Waals surface area contributed by atoms with Crippen molar-refractivity contribution in [2.24, 2.45) is 11.8 Å². The number of hydrogen-bond acceptors (Lipinski definition) is 1. The van der Waals surface area contributed by atoms with Crippen molar-refractivity contribution >= 4 is 5.97 Å². The van der Waals surface area contributed by atoms with Gasteiger partial charge < -0.3 is 0 Å².